The van der Waals surface area contributed by atoms with Gasteiger partial charge in [-0.05, 0) is 13.0 Å². The molecule has 9 heteroatoms. The summed E-state index contributed by atoms with van der Waals surface area (Å²) in [6.07, 6.45) is 2.70. The molecule has 0 aromatic carbocycles. The van der Waals surface area contributed by atoms with Crippen molar-refractivity contribution in [2.24, 2.45) is 12.0 Å². The van der Waals surface area contributed by atoms with E-state index >= 15 is 0 Å². The van der Waals surface area contributed by atoms with Gasteiger partial charge < -0.3 is 15.1 Å². The summed E-state index contributed by atoms with van der Waals surface area (Å²) < 4.78 is 6.26. The smallest absolute Gasteiger partial charge is 0.205 e. The first-order valence-electron chi connectivity index (χ1n) is 8.79. The average molecular weight is 363 g/mol. The first kappa shape index (κ1) is 17.7. The molecule has 0 aliphatic carbocycles. The molecule has 0 atom stereocenters. The molecule has 0 unspecified atom stereocenters. The Morgan fingerprint density at radius 1 is 1.28 bits per heavy atom. The number of hydrogen-bond donors (Lipinski definition) is 1. The molecule has 0 radical (unpaired) electrons. The molecular formula is C16H26N8S. The van der Waals surface area contributed by atoms with E-state index in [1.807, 2.05) is 24.0 Å². The quantitative estimate of drug-likeness (QED) is 0.635. The zero-order valence-corrected chi connectivity index (χ0v) is 16.0. The van der Waals surface area contributed by atoms with Crippen LogP contribution in [-0.4, -0.2) is 62.7 Å². The highest BCUT2D eigenvalue weighted by atomic mass is 32.1. The maximum atomic E-state index is 4.78. The van der Waals surface area contributed by atoms with Crippen LogP contribution in [0.4, 0.5) is 5.13 Å². The summed E-state index contributed by atoms with van der Waals surface area (Å²) in [5, 5.41) is 8.64. The minimum absolute atomic E-state index is 0.634. The summed E-state index contributed by atoms with van der Waals surface area (Å²) in [6, 6.07) is 2.01. The van der Waals surface area contributed by atoms with Gasteiger partial charge in [-0.15, -0.1) is 0 Å². The second-order valence-corrected chi connectivity index (χ2v) is 6.67. The van der Waals surface area contributed by atoms with Crippen LogP contribution in [0.5, 0.6) is 0 Å². The number of aryl methyl sites for hydroxylation is 2. The van der Waals surface area contributed by atoms with E-state index in [4.69, 9.17) is 4.99 Å². The van der Waals surface area contributed by atoms with Crippen molar-refractivity contribution in [2.75, 3.05) is 37.6 Å². The maximum Gasteiger partial charge on any atom is 0.205 e. The van der Waals surface area contributed by atoms with Gasteiger partial charge in [-0.3, -0.25) is 4.68 Å². The molecular weight excluding hydrogens is 336 g/mol. The number of nitrogens with one attached hydrogen (secondary N) is 1. The molecule has 0 saturated carbocycles. The molecule has 2 aromatic heterocycles. The molecule has 1 aliphatic rings. The number of piperazine rings is 1. The van der Waals surface area contributed by atoms with Crippen LogP contribution in [0.3, 0.4) is 0 Å². The van der Waals surface area contributed by atoms with Crippen LogP contribution in [0.25, 0.3) is 0 Å². The SMILES string of the molecule is CCNC(=NCc1ccnn1C)N1CCN(c2nc(CC)ns2)CC1. The van der Waals surface area contributed by atoms with E-state index in [0.29, 0.717) is 6.54 Å². The van der Waals surface area contributed by atoms with Gasteiger partial charge in [-0.1, -0.05) is 6.92 Å². The highest BCUT2D eigenvalue weighted by molar-refractivity contribution is 7.09. The Morgan fingerprint density at radius 3 is 2.68 bits per heavy atom. The van der Waals surface area contributed by atoms with E-state index in [-0.39, 0.29) is 0 Å². The molecule has 2 aromatic rings. The monoisotopic (exact) mass is 362 g/mol. The largest absolute Gasteiger partial charge is 0.357 e. The van der Waals surface area contributed by atoms with E-state index in [2.05, 4.69) is 43.4 Å². The predicted molar refractivity (Wildman–Crippen MR) is 101 cm³/mol. The summed E-state index contributed by atoms with van der Waals surface area (Å²) in [5.41, 5.74) is 1.11. The Labute approximate surface area is 152 Å². The molecule has 1 fully saturated rings. The minimum Gasteiger partial charge on any atom is -0.357 e. The van der Waals surface area contributed by atoms with Crippen molar-refractivity contribution in [3.63, 3.8) is 0 Å². The van der Waals surface area contributed by atoms with Gasteiger partial charge in [-0.25, -0.2) is 9.98 Å². The molecule has 25 heavy (non-hydrogen) atoms. The third-order valence-electron chi connectivity index (χ3n) is 4.27. The number of aliphatic imine (C=N–C) groups is 1. The summed E-state index contributed by atoms with van der Waals surface area (Å²) in [7, 11) is 1.95. The Hall–Kier alpha value is -2.16. The molecule has 0 bridgehead atoms. The van der Waals surface area contributed by atoms with E-state index in [1.165, 1.54) is 11.5 Å². The highest BCUT2D eigenvalue weighted by Crippen LogP contribution is 2.19. The van der Waals surface area contributed by atoms with E-state index < -0.39 is 0 Å². The Kier molecular flexibility index (Phi) is 5.85. The Balaban J connectivity index is 1.61. The van der Waals surface area contributed by atoms with Gasteiger partial charge in [0.15, 0.2) is 5.96 Å². The van der Waals surface area contributed by atoms with E-state index in [0.717, 1.165) is 61.8 Å². The zero-order chi connectivity index (χ0) is 17.6. The van der Waals surface area contributed by atoms with Gasteiger partial charge in [0.2, 0.25) is 5.13 Å². The predicted octanol–water partition coefficient (Wildman–Crippen LogP) is 1.12. The maximum absolute atomic E-state index is 4.78. The Morgan fingerprint density at radius 2 is 2.08 bits per heavy atom. The molecule has 1 aliphatic heterocycles. The number of hydrogen-bond acceptors (Lipinski definition) is 6. The third-order valence-corrected chi connectivity index (χ3v) is 5.09. The van der Waals surface area contributed by atoms with E-state index in [9.17, 15) is 0 Å². The van der Waals surface area contributed by atoms with Gasteiger partial charge in [0, 0.05) is 63.9 Å². The van der Waals surface area contributed by atoms with Crippen molar-refractivity contribution >= 4 is 22.6 Å². The van der Waals surface area contributed by atoms with Crippen LogP contribution in [0.2, 0.25) is 0 Å². The molecule has 3 rings (SSSR count). The fourth-order valence-electron chi connectivity index (χ4n) is 2.76. The first-order chi connectivity index (χ1) is 12.2. The van der Waals surface area contributed by atoms with Crippen molar-refractivity contribution in [1.82, 2.24) is 29.4 Å². The molecule has 1 saturated heterocycles. The van der Waals surface area contributed by atoms with Crippen molar-refractivity contribution in [3.05, 3.63) is 23.8 Å². The van der Waals surface area contributed by atoms with Crippen molar-refractivity contribution in [2.45, 2.75) is 26.8 Å². The minimum atomic E-state index is 0.634. The molecule has 136 valence electrons. The lowest BCUT2D eigenvalue weighted by molar-refractivity contribution is 0.372. The van der Waals surface area contributed by atoms with Crippen LogP contribution < -0.4 is 10.2 Å². The summed E-state index contributed by atoms with van der Waals surface area (Å²) in [4.78, 5) is 14.0. The van der Waals surface area contributed by atoms with Crippen LogP contribution in [0.1, 0.15) is 25.4 Å². The molecule has 1 N–H and O–H groups in total. The summed E-state index contributed by atoms with van der Waals surface area (Å²) in [6.45, 7) is 9.42. The number of nitrogens with zero attached hydrogens (tertiary/aromatic N) is 7. The van der Waals surface area contributed by atoms with Gasteiger partial charge in [0.25, 0.3) is 0 Å². The molecule has 0 spiro atoms. The van der Waals surface area contributed by atoms with Gasteiger partial charge in [0.1, 0.15) is 5.82 Å². The van der Waals surface area contributed by atoms with Crippen LogP contribution in [0, 0.1) is 0 Å². The summed E-state index contributed by atoms with van der Waals surface area (Å²) in [5.74, 6) is 1.91. The van der Waals surface area contributed by atoms with Crippen molar-refractivity contribution < 1.29 is 0 Å². The first-order valence-corrected chi connectivity index (χ1v) is 9.56. The number of rotatable bonds is 5. The van der Waals surface area contributed by atoms with Gasteiger partial charge >= 0.3 is 0 Å². The highest BCUT2D eigenvalue weighted by Gasteiger charge is 2.22. The van der Waals surface area contributed by atoms with Crippen LogP contribution >= 0.6 is 11.5 Å². The fraction of sp³-hybridized carbons (Fsp3) is 0.625. The number of aromatic nitrogens is 4. The lowest BCUT2D eigenvalue weighted by atomic mass is 10.3. The lowest BCUT2D eigenvalue weighted by Crippen LogP contribution is -2.52. The standard InChI is InChI=1S/C16H26N8S/c1-4-14-20-16(25-21-14)24-10-8-23(9-11-24)15(17-5-2)18-12-13-6-7-19-22(13)3/h6-7H,4-5,8-12H2,1-3H3,(H,17,18). The second-order valence-electron chi connectivity index (χ2n) is 5.94. The Bertz CT molecular complexity index is 699. The normalized spacial score (nSPS) is 15.7. The molecule has 3 heterocycles. The molecule has 0 amide bonds. The average Bonchev–Trinajstić information content (AvgIpc) is 3.28. The summed E-state index contributed by atoms with van der Waals surface area (Å²) >= 11 is 1.50. The van der Waals surface area contributed by atoms with Gasteiger partial charge in [-0.2, -0.15) is 9.47 Å². The van der Waals surface area contributed by atoms with E-state index in [1.54, 1.807) is 0 Å². The third kappa shape index (κ3) is 4.28. The van der Waals surface area contributed by atoms with Crippen LogP contribution in [0.15, 0.2) is 17.3 Å². The molecule has 8 nitrogen and oxygen atoms in total. The number of guanidine groups is 1. The fourth-order valence-corrected chi connectivity index (χ4v) is 3.57. The lowest BCUT2D eigenvalue weighted by Gasteiger charge is -2.36. The van der Waals surface area contributed by atoms with Crippen molar-refractivity contribution in [3.8, 4) is 0 Å². The van der Waals surface area contributed by atoms with Gasteiger partial charge in [0.05, 0.1) is 12.2 Å². The van der Waals surface area contributed by atoms with Crippen LogP contribution in [-0.2, 0) is 20.0 Å². The van der Waals surface area contributed by atoms with Crippen molar-refractivity contribution in [1.29, 1.82) is 0 Å². The number of anilines is 1. The zero-order valence-electron chi connectivity index (χ0n) is 15.1. The topological polar surface area (TPSA) is 74.5 Å². The second kappa shape index (κ2) is 8.28.